The Bertz CT molecular complexity index is 295. The highest BCUT2D eigenvalue weighted by Gasteiger charge is 2.42. The maximum atomic E-state index is 11.9. The highest BCUT2D eigenvalue weighted by molar-refractivity contribution is 5.82. The van der Waals surface area contributed by atoms with Crippen molar-refractivity contribution in [3.8, 4) is 0 Å². The SMILES string of the molecule is CNC(=O)C1CCN(C(=O)C2CC2C)CC1. The minimum absolute atomic E-state index is 0.102. The molecule has 0 aromatic heterocycles. The molecule has 0 radical (unpaired) electrons. The van der Waals surface area contributed by atoms with Crippen LogP contribution in [0.4, 0.5) is 0 Å². The monoisotopic (exact) mass is 224 g/mol. The van der Waals surface area contributed by atoms with Gasteiger partial charge in [-0.25, -0.2) is 0 Å². The molecule has 2 amide bonds. The Labute approximate surface area is 96.4 Å². The second-order valence-electron chi connectivity index (χ2n) is 5.03. The third-order valence-corrected chi connectivity index (χ3v) is 3.85. The van der Waals surface area contributed by atoms with E-state index in [0.29, 0.717) is 11.8 Å². The molecule has 2 atom stereocenters. The molecular weight excluding hydrogens is 204 g/mol. The molecule has 1 saturated heterocycles. The number of amides is 2. The summed E-state index contributed by atoms with van der Waals surface area (Å²) in [6.45, 7) is 3.63. The van der Waals surface area contributed by atoms with Crippen molar-refractivity contribution in [1.29, 1.82) is 0 Å². The van der Waals surface area contributed by atoms with Gasteiger partial charge in [0.2, 0.25) is 11.8 Å². The smallest absolute Gasteiger partial charge is 0.225 e. The molecule has 16 heavy (non-hydrogen) atoms. The van der Waals surface area contributed by atoms with Crippen LogP contribution in [0.15, 0.2) is 0 Å². The third-order valence-electron chi connectivity index (χ3n) is 3.85. The standard InChI is InChI=1S/C12H20N2O2/c1-8-7-10(8)12(16)14-5-3-9(4-6-14)11(15)13-2/h8-10H,3-7H2,1-2H3,(H,13,15). The van der Waals surface area contributed by atoms with Gasteiger partial charge in [-0.3, -0.25) is 9.59 Å². The summed E-state index contributed by atoms with van der Waals surface area (Å²) in [5.74, 6) is 1.38. The molecule has 2 fully saturated rings. The number of hydrogen-bond donors (Lipinski definition) is 1. The van der Waals surface area contributed by atoms with Crippen LogP contribution in [0.2, 0.25) is 0 Å². The largest absolute Gasteiger partial charge is 0.359 e. The van der Waals surface area contributed by atoms with E-state index >= 15 is 0 Å². The first-order valence-electron chi connectivity index (χ1n) is 6.14. The summed E-state index contributed by atoms with van der Waals surface area (Å²) in [5.41, 5.74) is 0. The molecule has 1 saturated carbocycles. The van der Waals surface area contributed by atoms with Crippen molar-refractivity contribution < 1.29 is 9.59 Å². The van der Waals surface area contributed by atoms with E-state index in [0.717, 1.165) is 32.4 Å². The van der Waals surface area contributed by atoms with E-state index < -0.39 is 0 Å². The molecule has 4 nitrogen and oxygen atoms in total. The summed E-state index contributed by atoms with van der Waals surface area (Å²) in [4.78, 5) is 25.3. The molecule has 0 spiro atoms. The van der Waals surface area contributed by atoms with Gasteiger partial charge in [-0.15, -0.1) is 0 Å². The van der Waals surface area contributed by atoms with Crippen LogP contribution in [0.1, 0.15) is 26.2 Å². The molecule has 1 aliphatic carbocycles. The normalized spacial score (nSPS) is 30.0. The summed E-state index contributed by atoms with van der Waals surface area (Å²) in [6.07, 6.45) is 2.67. The van der Waals surface area contributed by atoms with E-state index in [4.69, 9.17) is 0 Å². The summed E-state index contributed by atoms with van der Waals surface area (Å²) in [5, 5.41) is 2.68. The lowest BCUT2D eigenvalue weighted by Gasteiger charge is -2.31. The highest BCUT2D eigenvalue weighted by Crippen LogP contribution is 2.39. The lowest BCUT2D eigenvalue weighted by molar-refractivity contribution is -0.136. The van der Waals surface area contributed by atoms with Crippen LogP contribution in [-0.4, -0.2) is 36.9 Å². The van der Waals surface area contributed by atoms with Gasteiger partial charge in [-0.1, -0.05) is 6.92 Å². The number of carbonyl (C=O) groups excluding carboxylic acids is 2. The van der Waals surface area contributed by atoms with Crippen molar-refractivity contribution >= 4 is 11.8 Å². The highest BCUT2D eigenvalue weighted by atomic mass is 16.2. The van der Waals surface area contributed by atoms with Gasteiger partial charge in [0.15, 0.2) is 0 Å². The van der Waals surface area contributed by atoms with E-state index in [1.165, 1.54) is 0 Å². The zero-order chi connectivity index (χ0) is 11.7. The summed E-state index contributed by atoms with van der Waals surface area (Å²) < 4.78 is 0. The zero-order valence-electron chi connectivity index (χ0n) is 10.0. The quantitative estimate of drug-likeness (QED) is 0.748. The van der Waals surface area contributed by atoms with Crippen LogP contribution in [0.25, 0.3) is 0 Å². The molecule has 0 aromatic rings. The fraction of sp³-hybridized carbons (Fsp3) is 0.833. The minimum atomic E-state index is 0.102. The van der Waals surface area contributed by atoms with Crippen LogP contribution in [0, 0.1) is 17.8 Å². The Balaban J connectivity index is 1.81. The van der Waals surface area contributed by atoms with Gasteiger partial charge in [-0.2, -0.15) is 0 Å². The molecule has 1 heterocycles. The molecular formula is C12H20N2O2. The van der Waals surface area contributed by atoms with Gasteiger partial charge >= 0.3 is 0 Å². The summed E-state index contributed by atoms with van der Waals surface area (Å²) in [7, 11) is 1.67. The van der Waals surface area contributed by atoms with Crippen LogP contribution in [0.3, 0.4) is 0 Å². The van der Waals surface area contributed by atoms with E-state index in [9.17, 15) is 9.59 Å². The number of rotatable bonds is 2. The molecule has 2 rings (SSSR count). The van der Waals surface area contributed by atoms with Crippen molar-refractivity contribution in [1.82, 2.24) is 10.2 Å². The van der Waals surface area contributed by atoms with Crippen LogP contribution in [0.5, 0.6) is 0 Å². The van der Waals surface area contributed by atoms with E-state index in [1.807, 2.05) is 4.90 Å². The zero-order valence-corrected chi connectivity index (χ0v) is 10.0. The second kappa shape index (κ2) is 4.44. The van der Waals surface area contributed by atoms with Crippen LogP contribution in [-0.2, 0) is 9.59 Å². The molecule has 0 aromatic carbocycles. The molecule has 2 aliphatic rings. The average molecular weight is 224 g/mol. The first-order valence-corrected chi connectivity index (χ1v) is 6.14. The lowest BCUT2D eigenvalue weighted by atomic mass is 9.95. The van der Waals surface area contributed by atoms with Crippen molar-refractivity contribution in [2.24, 2.45) is 17.8 Å². The third kappa shape index (κ3) is 2.20. The molecule has 4 heteroatoms. The molecule has 1 aliphatic heterocycles. The second-order valence-corrected chi connectivity index (χ2v) is 5.03. The number of likely N-dealkylation sites (tertiary alicyclic amines) is 1. The maximum absolute atomic E-state index is 11.9. The Morgan fingerprint density at radius 2 is 1.81 bits per heavy atom. The Morgan fingerprint density at radius 3 is 2.25 bits per heavy atom. The number of nitrogens with one attached hydrogen (secondary N) is 1. The fourth-order valence-electron chi connectivity index (χ4n) is 2.47. The topological polar surface area (TPSA) is 49.4 Å². The number of hydrogen-bond acceptors (Lipinski definition) is 2. The predicted molar refractivity (Wildman–Crippen MR) is 60.6 cm³/mol. The predicted octanol–water partition coefficient (Wildman–Crippen LogP) is 0.627. The Morgan fingerprint density at radius 1 is 1.25 bits per heavy atom. The van der Waals surface area contributed by atoms with Gasteiger partial charge in [0.05, 0.1) is 0 Å². The molecule has 0 bridgehead atoms. The number of nitrogens with zero attached hydrogens (tertiary/aromatic N) is 1. The Hall–Kier alpha value is -1.06. The summed E-state index contributed by atoms with van der Waals surface area (Å²) in [6, 6.07) is 0. The fourth-order valence-corrected chi connectivity index (χ4v) is 2.47. The molecule has 1 N–H and O–H groups in total. The van der Waals surface area contributed by atoms with Gasteiger partial charge in [0, 0.05) is 32.0 Å². The van der Waals surface area contributed by atoms with Crippen LogP contribution < -0.4 is 5.32 Å². The van der Waals surface area contributed by atoms with E-state index in [-0.39, 0.29) is 17.7 Å². The molecule has 2 unspecified atom stereocenters. The average Bonchev–Trinajstić information content (AvgIpc) is 3.04. The van der Waals surface area contributed by atoms with E-state index in [2.05, 4.69) is 12.2 Å². The van der Waals surface area contributed by atoms with Crippen molar-refractivity contribution in [2.75, 3.05) is 20.1 Å². The minimum Gasteiger partial charge on any atom is -0.359 e. The van der Waals surface area contributed by atoms with Crippen molar-refractivity contribution in [3.63, 3.8) is 0 Å². The number of carbonyl (C=O) groups is 2. The number of piperidine rings is 1. The first kappa shape index (κ1) is 11.4. The van der Waals surface area contributed by atoms with Gasteiger partial charge < -0.3 is 10.2 Å². The van der Waals surface area contributed by atoms with E-state index in [1.54, 1.807) is 7.05 Å². The lowest BCUT2D eigenvalue weighted by Crippen LogP contribution is -2.43. The van der Waals surface area contributed by atoms with Gasteiger partial charge in [0.1, 0.15) is 0 Å². The van der Waals surface area contributed by atoms with Gasteiger partial charge in [-0.05, 0) is 25.2 Å². The van der Waals surface area contributed by atoms with Crippen LogP contribution >= 0.6 is 0 Å². The first-order chi connectivity index (χ1) is 7.63. The maximum Gasteiger partial charge on any atom is 0.225 e. The molecule has 90 valence electrons. The summed E-state index contributed by atoms with van der Waals surface area (Å²) >= 11 is 0. The van der Waals surface area contributed by atoms with Crippen molar-refractivity contribution in [2.45, 2.75) is 26.2 Å². The van der Waals surface area contributed by atoms with Crippen molar-refractivity contribution in [3.05, 3.63) is 0 Å². The Kier molecular flexibility index (Phi) is 3.17. The van der Waals surface area contributed by atoms with Gasteiger partial charge in [0.25, 0.3) is 0 Å².